The summed E-state index contributed by atoms with van der Waals surface area (Å²) in [7, 11) is 0. The van der Waals surface area contributed by atoms with Crippen LogP contribution >= 0.6 is 11.6 Å². The van der Waals surface area contributed by atoms with Crippen LogP contribution in [0.4, 0.5) is 10.5 Å². The molecule has 0 saturated carbocycles. The maximum absolute atomic E-state index is 11.4. The predicted molar refractivity (Wildman–Crippen MR) is 67.1 cm³/mol. The zero-order chi connectivity index (χ0) is 12.1. The molecular weight excluding hydrogens is 226 g/mol. The molecule has 0 aromatic heterocycles. The molecule has 5 heteroatoms. The lowest BCUT2D eigenvalue weighted by Crippen LogP contribution is -2.25. The molecule has 0 saturated heterocycles. The van der Waals surface area contributed by atoms with E-state index in [9.17, 15) is 4.79 Å². The molecule has 0 unspecified atom stereocenters. The molecule has 1 aromatic rings. The van der Waals surface area contributed by atoms with Crippen LogP contribution in [0.15, 0.2) is 23.3 Å². The summed E-state index contributed by atoms with van der Waals surface area (Å²) in [6, 6.07) is 4.95. The van der Waals surface area contributed by atoms with Crippen LogP contribution in [0.3, 0.4) is 0 Å². The third-order valence-corrected chi connectivity index (χ3v) is 2.31. The summed E-state index contributed by atoms with van der Waals surface area (Å²) in [5.41, 5.74) is 4.65. The van der Waals surface area contributed by atoms with Crippen LogP contribution in [0.5, 0.6) is 0 Å². The molecule has 1 aromatic carbocycles. The summed E-state index contributed by atoms with van der Waals surface area (Å²) < 4.78 is 0. The van der Waals surface area contributed by atoms with Gasteiger partial charge >= 0.3 is 6.03 Å². The number of hydrazone groups is 1. The van der Waals surface area contributed by atoms with Crippen LogP contribution in [0.25, 0.3) is 0 Å². The minimum Gasteiger partial charge on any atom is -0.306 e. The molecule has 86 valence electrons. The lowest BCUT2D eigenvalue weighted by molar-refractivity contribution is 0.252. The average molecular weight is 240 g/mol. The first-order valence-corrected chi connectivity index (χ1v) is 5.21. The molecule has 0 atom stereocenters. The molecule has 0 aliphatic carbocycles. The minimum atomic E-state index is -0.383. The highest BCUT2D eigenvalue weighted by Gasteiger charge is 2.05. The Bertz CT molecular complexity index is 425. The van der Waals surface area contributed by atoms with Gasteiger partial charge in [-0.1, -0.05) is 17.7 Å². The highest BCUT2D eigenvalue weighted by molar-refractivity contribution is 6.31. The molecular formula is C11H14ClN3O. The molecule has 0 bridgehead atoms. The SMILES string of the molecule is CC(C)=NNC(=O)Nc1cccc(Cl)c1C. The minimum absolute atomic E-state index is 0.383. The third-order valence-electron chi connectivity index (χ3n) is 1.90. The Morgan fingerprint density at radius 3 is 2.69 bits per heavy atom. The van der Waals surface area contributed by atoms with Crippen molar-refractivity contribution in [3.8, 4) is 0 Å². The van der Waals surface area contributed by atoms with E-state index < -0.39 is 0 Å². The Kier molecular flexibility index (Phi) is 4.31. The van der Waals surface area contributed by atoms with E-state index in [1.807, 2.05) is 6.92 Å². The smallest absolute Gasteiger partial charge is 0.306 e. The lowest BCUT2D eigenvalue weighted by atomic mass is 10.2. The Balaban J connectivity index is 2.70. The van der Waals surface area contributed by atoms with Gasteiger partial charge in [-0.3, -0.25) is 0 Å². The van der Waals surface area contributed by atoms with Crippen molar-refractivity contribution in [1.82, 2.24) is 5.43 Å². The monoisotopic (exact) mass is 239 g/mol. The maximum atomic E-state index is 11.4. The summed E-state index contributed by atoms with van der Waals surface area (Å²) in [6.07, 6.45) is 0. The van der Waals surface area contributed by atoms with E-state index in [4.69, 9.17) is 11.6 Å². The van der Waals surface area contributed by atoms with Gasteiger partial charge in [-0.05, 0) is 38.5 Å². The van der Waals surface area contributed by atoms with Crippen LogP contribution in [0.2, 0.25) is 5.02 Å². The molecule has 0 fully saturated rings. The van der Waals surface area contributed by atoms with Gasteiger partial charge < -0.3 is 5.32 Å². The summed E-state index contributed by atoms with van der Waals surface area (Å²) in [4.78, 5) is 11.4. The second-order valence-corrected chi connectivity index (χ2v) is 3.94. The molecule has 0 heterocycles. The molecule has 0 aliphatic heterocycles. The van der Waals surface area contributed by atoms with Crippen molar-refractivity contribution in [2.24, 2.45) is 5.10 Å². The topological polar surface area (TPSA) is 53.5 Å². The first-order chi connectivity index (χ1) is 7.50. The number of hydrogen-bond donors (Lipinski definition) is 2. The van der Waals surface area contributed by atoms with Crippen molar-refractivity contribution in [2.75, 3.05) is 5.32 Å². The number of amides is 2. The molecule has 0 radical (unpaired) electrons. The molecule has 16 heavy (non-hydrogen) atoms. The first kappa shape index (κ1) is 12.5. The van der Waals surface area contributed by atoms with E-state index in [2.05, 4.69) is 15.8 Å². The Labute approximate surface area is 99.7 Å². The molecule has 2 N–H and O–H groups in total. The van der Waals surface area contributed by atoms with E-state index in [0.717, 1.165) is 11.3 Å². The van der Waals surface area contributed by atoms with Gasteiger partial charge in [0.05, 0.1) is 0 Å². The number of hydrogen-bond acceptors (Lipinski definition) is 2. The number of anilines is 1. The fourth-order valence-corrected chi connectivity index (χ4v) is 1.23. The van der Waals surface area contributed by atoms with Crippen molar-refractivity contribution in [3.05, 3.63) is 28.8 Å². The van der Waals surface area contributed by atoms with Crippen molar-refractivity contribution in [3.63, 3.8) is 0 Å². The van der Waals surface area contributed by atoms with Crippen LogP contribution in [-0.4, -0.2) is 11.7 Å². The van der Waals surface area contributed by atoms with E-state index in [0.29, 0.717) is 10.7 Å². The van der Waals surface area contributed by atoms with Crippen LogP contribution in [-0.2, 0) is 0 Å². The average Bonchev–Trinajstić information content (AvgIpc) is 2.22. The number of urea groups is 1. The summed E-state index contributed by atoms with van der Waals surface area (Å²) >= 11 is 5.93. The van der Waals surface area contributed by atoms with E-state index in [1.165, 1.54) is 0 Å². The second kappa shape index (κ2) is 5.51. The normalized spacial score (nSPS) is 9.50. The van der Waals surface area contributed by atoms with Crippen molar-refractivity contribution in [2.45, 2.75) is 20.8 Å². The van der Waals surface area contributed by atoms with Gasteiger partial charge in [0, 0.05) is 16.4 Å². The largest absolute Gasteiger partial charge is 0.339 e. The summed E-state index contributed by atoms with van der Waals surface area (Å²) in [5, 5.41) is 7.08. The highest BCUT2D eigenvalue weighted by atomic mass is 35.5. The molecule has 1 rings (SSSR count). The van der Waals surface area contributed by atoms with Crippen LogP contribution < -0.4 is 10.7 Å². The molecule has 4 nitrogen and oxygen atoms in total. The number of halogens is 1. The van der Waals surface area contributed by atoms with Crippen molar-refractivity contribution < 1.29 is 4.79 Å². The van der Waals surface area contributed by atoms with Gasteiger partial charge in [-0.15, -0.1) is 0 Å². The van der Waals surface area contributed by atoms with Crippen LogP contribution in [0.1, 0.15) is 19.4 Å². The van der Waals surface area contributed by atoms with Crippen molar-refractivity contribution >= 4 is 29.0 Å². The van der Waals surface area contributed by atoms with E-state index >= 15 is 0 Å². The van der Waals surface area contributed by atoms with Crippen LogP contribution in [0, 0.1) is 6.92 Å². The molecule has 0 spiro atoms. The summed E-state index contributed by atoms with van der Waals surface area (Å²) in [5.74, 6) is 0. The molecule has 2 amide bonds. The number of benzene rings is 1. The van der Waals surface area contributed by atoms with Gasteiger partial charge in [0.2, 0.25) is 0 Å². The number of nitrogens with zero attached hydrogens (tertiary/aromatic N) is 1. The van der Waals surface area contributed by atoms with E-state index in [1.54, 1.807) is 32.0 Å². The highest BCUT2D eigenvalue weighted by Crippen LogP contribution is 2.22. The van der Waals surface area contributed by atoms with Gasteiger partial charge in [0.15, 0.2) is 0 Å². The lowest BCUT2D eigenvalue weighted by Gasteiger charge is -2.08. The van der Waals surface area contributed by atoms with Gasteiger partial charge in [0.25, 0.3) is 0 Å². The van der Waals surface area contributed by atoms with Gasteiger partial charge in [-0.2, -0.15) is 5.10 Å². The number of nitrogens with one attached hydrogen (secondary N) is 2. The third kappa shape index (κ3) is 3.55. The number of carbonyl (C=O) groups excluding carboxylic acids is 1. The standard InChI is InChI=1S/C11H14ClN3O/c1-7(2)14-15-11(16)13-10-6-4-5-9(12)8(10)3/h4-6H,1-3H3,(H2,13,15,16). The Hall–Kier alpha value is -1.55. The fourth-order valence-electron chi connectivity index (χ4n) is 1.06. The number of rotatable bonds is 2. The zero-order valence-electron chi connectivity index (χ0n) is 9.47. The van der Waals surface area contributed by atoms with Gasteiger partial charge in [0.1, 0.15) is 0 Å². The quantitative estimate of drug-likeness (QED) is 0.605. The Morgan fingerprint density at radius 1 is 1.38 bits per heavy atom. The summed E-state index contributed by atoms with van der Waals surface area (Å²) in [6.45, 7) is 5.43. The first-order valence-electron chi connectivity index (χ1n) is 4.83. The second-order valence-electron chi connectivity index (χ2n) is 3.54. The zero-order valence-corrected chi connectivity index (χ0v) is 10.2. The maximum Gasteiger partial charge on any atom is 0.339 e. The fraction of sp³-hybridized carbons (Fsp3) is 0.273. The Morgan fingerprint density at radius 2 is 2.06 bits per heavy atom. The molecule has 0 aliphatic rings. The van der Waals surface area contributed by atoms with Crippen molar-refractivity contribution in [1.29, 1.82) is 0 Å². The predicted octanol–water partition coefficient (Wildman–Crippen LogP) is 3.17. The van der Waals surface area contributed by atoms with Gasteiger partial charge in [-0.25, -0.2) is 10.2 Å². The van der Waals surface area contributed by atoms with E-state index in [-0.39, 0.29) is 6.03 Å². The number of carbonyl (C=O) groups is 1.